The molecule has 1 aliphatic heterocycles. The normalized spacial score (nSPS) is 16.5. The number of carbonyl (C=O) groups is 1. The van der Waals surface area contributed by atoms with E-state index in [9.17, 15) is 9.59 Å². The van der Waals surface area contributed by atoms with E-state index in [-0.39, 0.29) is 23.1 Å². The molecule has 5 heteroatoms. The number of aromatic amines is 1. The molecule has 0 spiro atoms. The molecule has 1 aromatic heterocycles. The van der Waals surface area contributed by atoms with Gasteiger partial charge in [0.25, 0.3) is 11.5 Å². The van der Waals surface area contributed by atoms with E-state index in [4.69, 9.17) is 0 Å². The number of hydrogen-bond acceptors (Lipinski definition) is 3. The predicted octanol–water partition coefficient (Wildman–Crippen LogP) is 3.34. The van der Waals surface area contributed by atoms with Gasteiger partial charge in [0.2, 0.25) is 0 Å². The Kier molecular flexibility index (Phi) is 6.45. The molecule has 1 unspecified atom stereocenters. The Morgan fingerprint density at radius 1 is 1.11 bits per heavy atom. The van der Waals surface area contributed by atoms with Gasteiger partial charge in [-0.15, -0.1) is 0 Å². The molecule has 2 heterocycles. The first kappa shape index (κ1) is 19.4. The second kappa shape index (κ2) is 9.00. The third kappa shape index (κ3) is 4.86. The smallest absolute Gasteiger partial charge is 0.261 e. The summed E-state index contributed by atoms with van der Waals surface area (Å²) in [6.45, 7) is 6.20. The zero-order valence-corrected chi connectivity index (χ0v) is 16.3. The van der Waals surface area contributed by atoms with Crippen LogP contribution in [0.4, 0.5) is 0 Å². The summed E-state index contributed by atoms with van der Waals surface area (Å²) < 4.78 is 0. The van der Waals surface area contributed by atoms with E-state index in [1.807, 2.05) is 31.2 Å². The summed E-state index contributed by atoms with van der Waals surface area (Å²) in [4.78, 5) is 30.2. The third-order valence-corrected chi connectivity index (χ3v) is 5.31. The highest BCUT2D eigenvalue weighted by Crippen LogP contribution is 2.23. The van der Waals surface area contributed by atoms with Crippen LogP contribution in [-0.4, -0.2) is 35.4 Å². The second-order valence-corrected chi connectivity index (χ2v) is 7.43. The van der Waals surface area contributed by atoms with Gasteiger partial charge in [-0.05, 0) is 57.0 Å². The number of aryl methyl sites for hydroxylation is 2. The van der Waals surface area contributed by atoms with Gasteiger partial charge in [0, 0.05) is 12.2 Å². The molecule has 5 nitrogen and oxygen atoms in total. The van der Waals surface area contributed by atoms with E-state index >= 15 is 0 Å². The van der Waals surface area contributed by atoms with E-state index in [2.05, 4.69) is 27.3 Å². The topological polar surface area (TPSA) is 65.2 Å². The highest BCUT2D eigenvalue weighted by Gasteiger charge is 2.23. The van der Waals surface area contributed by atoms with Crippen molar-refractivity contribution in [2.75, 3.05) is 19.6 Å². The fourth-order valence-electron chi connectivity index (χ4n) is 3.95. The van der Waals surface area contributed by atoms with E-state index in [0.717, 1.165) is 18.8 Å². The van der Waals surface area contributed by atoms with Gasteiger partial charge in [-0.3, -0.25) is 14.5 Å². The molecule has 1 fully saturated rings. The standard InChI is InChI=1S/C22H29N3O2/c1-16-14-17(2)24-22(27)20(16)21(26)23-15-19(18-10-6-5-7-11-18)25-12-8-3-4-9-13-25/h5-7,10-11,14,19H,3-4,8-9,12-13,15H2,1-2H3,(H,23,26)(H,24,27). The molecule has 2 aromatic rings. The van der Waals surface area contributed by atoms with Crippen molar-refractivity contribution in [2.45, 2.75) is 45.6 Å². The zero-order valence-electron chi connectivity index (χ0n) is 16.3. The van der Waals surface area contributed by atoms with Gasteiger partial charge in [0.15, 0.2) is 0 Å². The summed E-state index contributed by atoms with van der Waals surface area (Å²) in [5.41, 5.74) is 2.56. The van der Waals surface area contributed by atoms with Crippen molar-refractivity contribution in [2.24, 2.45) is 0 Å². The van der Waals surface area contributed by atoms with Crippen LogP contribution >= 0.6 is 0 Å². The van der Waals surface area contributed by atoms with Gasteiger partial charge in [0.05, 0.1) is 6.04 Å². The fraction of sp³-hybridized carbons (Fsp3) is 0.455. The Labute approximate surface area is 160 Å². The van der Waals surface area contributed by atoms with E-state index in [1.54, 1.807) is 6.92 Å². The fourth-order valence-corrected chi connectivity index (χ4v) is 3.95. The number of amides is 1. The van der Waals surface area contributed by atoms with Crippen LogP contribution < -0.4 is 10.9 Å². The van der Waals surface area contributed by atoms with Crippen molar-refractivity contribution in [1.82, 2.24) is 15.2 Å². The Morgan fingerprint density at radius 3 is 2.41 bits per heavy atom. The number of rotatable bonds is 5. The lowest BCUT2D eigenvalue weighted by atomic mass is 10.0. The minimum absolute atomic E-state index is 0.123. The van der Waals surface area contributed by atoms with Gasteiger partial charge in [-0.1, -0.05) is 43.2 Å². The minimum atomic E-state index is -0.323. The number of H-pyrrole nitrogens is 1. The number of benzene rings is 1. The van der Waals surface area contributed by atoms with Crippen LogP contribution in [0.1, 0.15) is 58.9 Å². The number of nitrogens with zero attached hydrogens (tertiary/aromatic N) is 1. The Hall–Kier alpha value is -2.40. The highest BCUT2D eigenvalue weighted by molar-refractivity contribution is 5.95. The molecule has 1 saturated heterocycles. The number of carbonyl (C=O) groups excluding carboxylic acids is 1. The summed E-state index contributed by atoms with van der Waals surface area (Å²) in [5.74, 6) is -0.301. The lowest BCUT2D eigenvalue weighted by molar-refractivity contribution is 0.0931. The van der Waals surface area contributed by atoms with Gasteiger partial charge in [-0.2, -0.15) is 0 Å². The van der Waals surface area contributed by atoms with Crippen molar-refractivity contribution in [3.8, 4) is 0 Å². The number of hydrogen-bond donors (Lipinski definition) is 2. The predicted molar refractivity (Wildman–Crippen MR) is 108 cm³/mol. The van der Waals surface area contributed by atoms with Crippen LogP contribution in [0.2, 0.25) is 0 Å². The molecule has 1 amide bonds. The first-order valence-corrected chi connectivity index (χ1v) is 9.84. The molecule has 1 aliphatic rings. The maximum absolute atomic E-state index is 12.7. The number of pyridine rings is 1. The zero-order chi connectivity index (χ0) is 19.2. The van der Waals surface area contributed by atoms with Crippen molar-refractivity contribution < 1.29 is 4.79 Å². The van der Waals surface area contributed by atoms with Crippen LogP contribution in [-0.2, 0) is 0 Å². The van der Waals surface area contributed by atoms with Crippen molar-refractivity contribution in [3.63, 3.8) is 0 Å². The summed E-state index contributed by atoms with van der Waals surface area (Å²) in [7, 11) is 0. The first-order chi connectivity index (χ1) is 13.1. The number of aromatic nitrogens is 1. The monoisotopic (exact) mass is 367 g/mol. The Bertz CT molecular complexity index is 821. The van der Waals surface area contributed by atoms with Crippen LogP contribution in [0, 0.1) is 13.8 Å². The van der Waals surface area contributed by atoms with E-state index < -0.39 is 0 Å². The molecule has 0 saturated carbocycles. The highest BCUT2D eigenvalue weighted by atomic mass is 16.2. The lowest BCUT2D eigenvalue weighted by Crippen LogP contribution is -2.40. The summed E-state index contributed by atoms with van der Waals surface area (Å²) in [5, 5.41) is 3.02. The van der Waals surface area contributed by atoms with E-state index in [0.29, 0.717) is 12.1 Å². The molecule has 144 valence electrons. The van der Waals surface area contributed by atoms with Crippen LogP contribution in [0.5, 0.6) is 0 Å². The molecular weight excluding hydrogens is 338 g/mol. The average molecular weight is 367 g/mol. The average Bonchev–Trinajstić information content (AvgIpc) is 2.91. The lowest BCUT2D eigenvalue weighted by Gasteiger charge is -2.31. The molecule has 0 radical (unpaired) electrons. The summed E-state index contributed by atoms with van der Waals surface area (Å²) in [6, 6.07) is 12.3. The van der Waals surface area contributed by atoms with Gasteiger partial charge in [0.1, 0.15) is 5.56 Å². The molecule has 27 heavy (non-hydrogen) atoms. The van der Waals surface area contributed by atoms with Crippen LogP contribution in [0.3, 0.4) is 0 Å². The molecule has 3 rings (SSSR count). The molecule has 1 aromatic carbocycles. The number of nitrogens with one attached hydrogen (secondary N) is 2. The van der Waals surface area contributed by atoms with Gasteiger partial charge >= 0.3 is 0 Å². The SMILES string of the molecule is Cc1cc(C)c(C(=O)NCC(c2ccccc2)N2CCCCCC2)c(=O)[nH]1. The molecule has 1 atom stereocenters. The molecular formula is C22H29N3O2. The molecule has 2 N–H and O–H groups in total. The molecule has 0 aliphatic carbocycles. The Balaban J connectivity index is 1.78. The van der Waals surface area contributed by atoms with Crippen molar-refractivity contribution >= 4 is 5.91 Å². The van der Waals surface area contributed by atoms with Gasteiger partial charge < -0.3 is 10.3 Å². The largest absolute Gasteiger partial charge is 0.350 e. The van der Waals surface area contributed by atoms with Crippen LogP contribution in [0.25, 0.3) is 0 Å². The second-order valence-electron chi connectivity index (χ2n) is 7.43. The maximum atomic E-state index is 12.7. The minimum Gasteiger partial charge on any atom is -0.350 e. The number of likely N-dealkylation sites (tertiary alicyclic amines) is 1. The van der Waals surface area contributed by atoms with Gasteiger partial charge in [-0.25, -0.2) is 0 Å². The third-order valence-electron chi connectivity index (χ3n) is 5.31. The quantitative estimate of drug-likeness (QED) is 0.852. The summed E-state index contributed by atoms with van der Waals surface area (Å²) >= 11 is 0. The van der Waals surface area contributed by atoms with E-state index in [1.165, 1.54) is 31.2 Å². The Morgan fingerprint density at radius 2 is 1.78 bits per heavy atom. The van der Waals surface area contributed by atoms with Crippen LogP contribution in [0.15, 0.2) is 41.2 Å². The van der Waals surface area contributed by atoms with Crippen molar-refractivity contribution in [3.05, 3.63) is 69.1 Å². The summed E-state index contributed by atoms with van der Waals surface area (Å²) in [6.07, 6.45) is 4.91. The van der Waals surface area contributed by atoms with Crippen molar-refractivity contribution in [1.29, 1.82) is 0 Å². The first-order valence-electron chi connectivity index (χ1n) is 9.84. The maximum Gasteiger partial charge on any atom is 0.261 e. The molecule has 0 bridgehead atoms.